The van der Waals surface area contributed by atoms with Crippen LogP contribution in [0.2, 0.25) is 0 Å². The van der Waals surface area contributed by atoms with Crippen molar-refractivity contribution in [2.75, 3.05) is 36.0 Å². The van der Waals surface area contributed by atoms with Crippen molar-refractivity contribution in [1.82, 2.24) is 14.5 Å². The summed E-state index contributed by atoms with van der Waals surface area (Å²) in [5.74, 6) is 0.226. The molecule has 0 N–H and O–H groups in total. The fourth-order valence-electron chi connectivity index (χ4n) is 3.03. The van der Waals surface area contributed by atoms with Crippen LogP contribution in [0.25, 0.3) is 0 Å². The fourth-order valence-corrected chi connectivity index (χ4v) is 4.51. The predicted molar refractivity (Wildman–Crippen MR) is 108 cm³/mol. The van der Waals surface area contributed by atoms with Crippen LogP contribution in [0.1, 0.15) is 4.88 Å². The molecule has 6 nitrogen and oxygen atoms in total. The Morgan fingerprint density at radius 3 is 2.37 bits per heavy atom. The van der Waals surface area contributed by atoms with E-state index < -0.39 is 0 Å². The first kappa shape index (κ1) is 18.1. The third-order valence-corrected chi connectivity index (χ3v) is 6.07. The molecule has 140 valence electrons. The molecule has 2 aromatic heterocycles. The topological polar surface area (TPSA) is 54.3 Å². The van der Waals surface area contributed by atoms with Gasteiger partial charge in [-0.15, -0.1) is 11.3 Å². The molecule has 0 amide bonds. The van der Waals surface area contributed by atoms with Gasteiger partial charge in [0.1, 0.15) is 12.1 Å². The summed E-state index contributed by atoms with van der Waals surface area (Å²) in [5.41, 5.74) is 0.694. The van der Waals surface area contributed by atoms with E-state index in [-0.39, 0.29) is 11.5 Å². The van der Waals surface area contributed by atoms with E-state index in [9.17, 15) is 9.18 Å². The second-order valence-corrected chi connectivity index (χ2v) is 8.77. The number of anilines is 2. The average Bonchev–Trinajstić information content (AvgIpc) is 3.09. The maximum atomic E-state index is 13.1. The average molecular weight is 450 g/mol. The first-order valence-corrected chi connectivity index (χ1v) is 10.1. The number of rotatable bonds is 4. The Bertz CT molecular complexity index is 982. The summed E-state index contributed by atoms with van der Waals surface area (Å²) in [6.07, 6.45) is 1.56. The molecular weight excluding hydrogens is 433 g/mol. The van der Waals surface area contributed by atoms with Crippen molar-refractivity contribution in [2.45, 2.75) is 6.54 Å². The highest BCUT2D eigenvalue weighted by atomic mass is 79.9. The predicted octanol–water partition coefficient (Wildman–Crippen LogP) is 2.98. The minimum atomic E-state index is -0.300. The molecular formula is C18H17BrFN5OS. The molecule has 0 aliphatic carbocycles. The molecule has 1 aliphatic heterocycles. The zero-order valence-corrected chi connectivity index (χ0v) is 16.8. The number of piperazine rings is 1. The Morgan fingerprint density at radius 1 is 1.04 bits per heavy atom. The number of nitrogens with zero attached hydrogens (tertiary/aromatic N) is 5. The van der Waals surface area contributed by atoms with E-state index in [0.29, 0.717) is 25.6 Å². The Kier molecular flexibility index (Phi) is 5.22. The van der Waals surface area contributed by atoms with Gasteiger partial charge in [0.05, 0.1) is 10.3 Å². The van der Waals surface area contributed by atoms with Crippen molar-refractivity contribution in [2.24, 2.45) is 0 Å². The molecule has 1 fully saturated rings. The summed E-state index contributed by atoms with van der Waals surface area (Å²) >= 11 is 5.01. The second kappa shape index (κ2) is 7.77. The number of hydrogen-bond donors (Lipinski definition) is 0. The number of thiophene rings is 1. The summed E-state index contributed by atoms with van der Waals surface area (Å²) < 4.78 is 15.6. The standard InChI is InChI=1S/C18H17BrFN5OS/c19-16-6-5-15(27-16)11-25-12-21-17(22-18(25)26)24-9-7-23(8-10-24)14-3-1-13(20)2-4-14/h1-6,12H,7-11H2. The van der Waals surface area contributed by atoms with Crippen LogP contribution < -0.4 is 15.5 Å². The van der Waals surface area contributed by atoms with Crippen LogP contribution in [0.4, 0.5) is 16.0 Å². The first-order valence-electron chi connectivity index (χ1n) is 8.52. The third kappa shape index (κ3) is 4.19. The number of hydrogen-bond acceptors (Lipinski definition) is 6. The molecule has 0 spiro atoms. The molecule has 1 saturated heterocycles. The summed E-state index contributed by atoms with van der Waals surface area (Å²) in [6, 6.07) is 10.4. The second-order valence-electron chi connectivity index (χ2n) is 6.22. The van der Waals surface area contributed by atoms with Crippen molar-refractivity contribution in [1.29, 1.82) is 0 Å². The van der Waals surface area contributed by atoms with Crippen LogP contribution in [-0.4, -0.2) is 40.7 Å². The molecule has 0 atom stereocenters. The van der Waals surface area contributed by atoms with Gasteiger partial charge in [-0.1, -0.05) is 0 Å². The summed E-state index contributed by atoms with van der Waals surface area (Å²) in [7, 11) is 0. The SMILES string of the molecule is O=c1nc(N2CCN(c3ccc(F)cc3)CC2)ncn1Cc1ccc(Br)s1. The van der Waals surface area contributed by atoms with E-state index in [1.54, 1.807) is 29.8 Å². The number of benzene rings is 1. The Balaban J connectivity index is 1.41. The van der Waals surface area contributed by atoms with Gasteiger partial charge in [-0.05, 0) is 52.3 Å². The minimum Gasteiger partial charge on any atom is -0.368 e. The van der Waals surface area contributed by atoms with E-state index in [4.69, 9.17) is 0 Å². The Labute approximate surface area is 168 Å². The lowest BCUT2D eigenvalue weighted by Gasteiger charge is -2.36. The van der Waals surface area contributed by atoms with Gasteiger partial charge in [0.15, 0.2) is 0 Å². The minimum absolute atomic E-state index is 0.235. The normalized spacial score (nSPS) is 14.6. The smallest absolute Gasteiger partial charge is 0.352 e. The van der Waals surface area contributed by atoms with Crippen LogP contribution in [0.5, 0.6) is 0 Å². The first-order chi connectivity index (χ1) is 13.1. The summed E-state index contributed by atoms with van der Waals surface area (Å²) in [6.45, 7) is 3.41. The lowest BCUT2D eigenvalue weighted by atomic mass is 10.2. The number of aromatic nitrogens is 3. The summed E-state index contributed by atoms with van der Waals surface area (Å²) in [4.78, 5) is 26.1. The number of halogens is 2. The van der Waals surface area contributed by atoms with Crippen LogP contribution in [0, 0.1) is 5.82 Å². The largest absolute Gasteiger partial charge is 0.368 e. The molecule has 1 aromatic carbocycles. The molecule has 0 saturated carbocycles. The monoisotopic (exact) mass is 449 g/mol. The zero-order chi connectivity index (χ0) is 18.8. The molecule has 27 heavy (non-hydrogen) atoms. The highest BCUT2D eigenvalue weighted by Gasteiger charge is 2.20. The Hall–Kier alpha value is -2.26. The van der Waals surface area contributed by atoms with Gasteiger partial charge in [-0.25, -0.2) is 14.2 Å². The lowest BCUT2D eigenvalue weighted by Crippen LogP contribution is -2.47. The van der Waals surface area contributed by atoms with Crippen LogP contribution >= 0.6 is 27.3 Å². The van der Waals surface area contributed by atoms with Gasteiger partial charge in [0, 0.05) is 36.7 Å². The van der Waals surface area contributed by atoms with Crippen molar-refractivity contribution in [3.05, 3.63) is 67.7 Å². The quantitative estimate of drug-likeness (QED) is 0.612. The molecule has 0 bridgehead atoms. The maximum Gasteiger partial charge on any atom is 0.352 e. The van der Waals surface area contributed by atoms with Gasteiger partial charge in [-0.2, -0.15) is 4.98 Å². The van der Waals surface area contributed by atoms with Crippen molar-refractivity contribution < 1.29 is 4.39 Å². The van der Waals surface area contributed by atoms with E-state index >= 15 is 0 Å². The highest BCUT2D eigenvalue weighted by molar-refractivity contribution is 9.11. The van der Waals surface area contributed by atoms with E-state index in [1.165, 1.54) is 16.7 Å². The van der Waals surface area contributed by atoms with E-state index in [1.807, 2.05) is 17.0 Å². The van der Waals surface area contributed by atoms with E-state index in [2.05, 4.69) is 30.8 Å². The van der Waals surface area contributed by atoms with Crippen LogP contribution in [-0.2, 0) is 6.54 Å². The van der Waals surface area contributed by atoms with E-state index in [0.717, 1.165) is 27.4 Å². The van der Waals surface area contributed by atoms with Crippen molar-refractivity contribution >= 4 is 38.9 Å². The third-order valence-electron chi connectivity index (χ3n) is 4.46. The molecule has 0 radical (unpaired) electrons. The molecule has 3 aromatic rings. The Morgan fingerprint density at radius 2 is 1.74 bits per heavy atom. The van der Waals surface area contributed by atoms with Gasteiger partial charge < -0.3 is 9.80 Å². The van der Waals surface area contributed by atoms with Crippen molar-refractivity contribution in [3.63, 3.8) is 0 Å². The van der Waals surface area contributed by atoms with Crippen LogP contribution in [0.3, 0.4) is 0 Å². The molecule has 1 aliphatic rings. The van der Waals surface area contributed by atoms with Crippen molar-refractivity contribution in [3.8, 4) is 0 Å². The van der Waals surface area contributed by atoms with Gasteiger partial charge in [0.25, 0.3) is 0 Å². The lowest BCUT2D eigenvalue weighted by molar-refractivity contribution is 0.617. The molecule has 9 heteroatoms. The van der Waals surface area contributed by atoms with Crippen LogP contribution in [0.15, 0.2) is 51.3 Å². The van der Waals surface area contributed by atoms with Gasteiger partial charge in [0.2, 0.25) is 5.95 Å². The summed E-state index contributed by atoms with van der Waals surface area (Å²) in [5, 5.41) is 0. The maximum absolute atomic E-state index is 13.1. The zero-order valence-electron chi connectivity index (χ0n) is 14.4. The van der Waals surface area contributed by atoms with Gasteiger partial charge >= 0.3 is 5.69 Å². The molecule has 3 heterocycles. The highest BCUT2D eigenvalue weighted by Crippen LogP contribution is 2.22. The fraction of sp³-hybridized carbons (Fsp3) is 0.278. The molecule has 4 rings (SSSR count). The molecule has 0 unspecified atom stereocenters. The van der Waals surface area contributed by atoms with Gasteiger partial charge in [-0.3, -0.25) is 4.57 Å².